The average Bonchev–Trinajstić information content (AvgIpc) is 2.81. The van der Waals surface area contributed by atoms with Gasteiger partial charge < -0.3 is 10.2 Å². The predicted molar refractivity (Wildman–Crippen MR) is 86.9 cm³/mol. The summed E-state index contributed by atoms with van der Waals surface area (Å²) in [5, 5.41) is 4.27. The molecule has 0 heterocycles. The number of fused-ring (bicyclic) bond motifs is 1. The monoisotopic (exact) mass is 304 g/mol. The molecule has 21 heavy (non-hydrogen) atoms. The standard InChI is InChI=1S/C17H18ClFN2/c1-21(2)17-8-4-12(18)10-16(17)20-15-7-3-11-9-13(19)5-6-14(11)15/h4-6,8-10,15,20H,3,7H2,1-2H3. The first-order chi connectivity index (χ1) is 10.0. The molecule has 4 heteroatoms. The Hall–Kier alpha value is -1.74. The van der Waals surface area contributed by atoms with Crippen molar-refractivity contribution < 1.29 is 4.39 Å². The van der Waals surface area contributed by atoms with Gasteiger partial charge in [-0.2, -0.15) is 0 Å². The number of anilines is 2. The molecule has 0 bridgehead atoms. The molecule has 1 unspecified atom stereocenters. The third-order valence-corrected chi connectivity index (χ3v) is 4.19. The summed E-state index contributed by atoms with van der Waals surface area (Å²) >= 11 is 6.12. The van der Waals surface area contributed by atoms with E-state index in [1.165, 1.54) is 11.6 Å². The molecule has 1 atom stereocenters. The second kappa shape index (κ2) is 5.57. The molecule has 0 aromatic heterocycles. The SMILES string of the molecule is CN(C)c1ccc(Cl)cc1NC1CCc2cc(F)ccc21. The fourth-order valence-electron chi connectivity index (χ4n) is 2.94. The van der Waals surface area contributed by atoms with E-state index >= 15 is 0 Å². The largest absolute Gasteiger partial charge is 0.377 e. The highest BCUT2D eigenvalue weighted by Gasteiger charge is 2.23. The normalized spacial score (nSPS) is 16.7. The minimum Gasteiger partial charge on any atom is -0.377 e. The van der Waals surface area contributed by atoms with Crippen LogP contribution in [0.25, 0.3) is 0 Å². The summed E-state index contributed by atoms with van der Waals surface area (Å²) in [6.07, 6.45) is 1.88. The summed E-state index contributed by atoms with van der Waals surface area (Å²) in [5.41, 5.74) is 4.38. The van der Waals surface area contributed by atoms with Crippen molar-refractivity contribution in [2.75, 3.05) is 24.3 Å². The highest BCUT2D eigenvalue weighted by atomic mass is 35.5. The number of halogens is 2. The quantitative estimate of drug-likeness (QED) is 0.888. The van der Waals surface area contributed by atoms with Crippen molar-refractivity contribution in [1.82, 2.24) is 0 Å². The van der Waals surface area contributed by atoms with Crippen molar-refractivity contribution in [1.29, 1.82) is 0 Å². The minimum atomic E-state index is -0.161. The van der Waals surface area contributed by atoms with E-state index in [1.54, 1.807) is 6.07 Å². The first-order valence-corrected chi connectivity index (χ1v) is 7.44. The fraction of sp³-hybridized carbons (Fsp3) is 0.294. The molecule has 0 radical (unpaired) electrons. The van der Waals surface area contributed by atoms with Crippen LogP contribution in [0, 0.1) is 5.82 Å². The lowest BCUT2D eigenvalue weighted by atomic mass is 10.1. The third-order valence-electron chi connectivity index (χ3n) is 3.95. The van der Waals surface area contributed by atoms with Gasteiger partial charge in [0.25, 0.3) is 0 Å². The molecule has 2 aromatic carbocycles. The van der Waals surface area contributed by atoms with Gasteiger partial charge in [-0.25, -0.2) is 4.39 Å². The number of nitrogens with one attached hydrogen (secondary N) is 1. The van der Waals surface area contributed by atoms with Gasteiger partial charge in [0.15, 0.2) is 0 Å². The van der Waals surface area contributed by atoms with E-state index < -0.39 is 0 Å². The van der Waals surface area contributed by atoms with E-state index in [9.17, 15) is 4.39 Å². The lowest BCUT2D eigenvalue weighted by Gasteiger charge is -2.22. The van der Waals surface area contributed by atoms with Crippen LogP contribution < -0.4 is 10.2 Å². The molecule has 2 aromatic rings. The molecule has 0 spiro atoms. The Balaban J connectivity index is 1.91. The number of aryl methyl sites for hydroxylation is 1. The number of hydrogen-bond donors (Lipinski definition) is 1. The number of hydrogen-bond acceptors (Lipinski definition) is 2. The first-order valence-electron chi connectivity index (χ1n) is 7.06. The molecular formula is C17H18ClFN2. The molecule has 0 fully saturated rings. The number of nitrogens with zero attached hydrogens (tertiary/aromatic N) is 1. The van der Waals surface area contributed by atoms with Crippen molar-refractivity contribution in [2.45, 2.75) is 18.9 Å². The van der Waals surface area contributed by atoms with Crippen molar-refractivity contribution in [3.05, 3.63) is 58.4 Å². The predicted octanol–water partition coefficient (Wildman–Crippen LogP) is 4.64. The Labute approximate surface area is 129 Å². The highest BCUT2D eigenvalue weighted by Crippen LogP contribution is 2.37. The minimum absolute atomic E-state index is 0.161. The lowest BCUT2D eigenvalue weighted by molar-refractivity contribution is 0.626. The fourth-order valence-corrected chi connectivity index (χ4v) is 3.11. The second-order valence-electron chi connectivity index (χ2n) is 5.63. The Morgan fingerprint density at radius 3 is 2.76 bits per heavy atom. The summed E-state index contributed by atoms with van der Waals surface area (Å²) in [7, 11) is 4.01. The molecule has 0 saturated carbocycles. The summed E-state index contributed by atoms with van der Waals surface area (Å²) < 4.78 is 13.3. The Kier molecular flexibility index (Phi) is 3.77. The van der Waals surface area contributed by atoms with E-state index in [0.29, 0.717) is 5.02 Å². The molecule has 0 aliphatic heterocycles. The van der Waals surface area contributed by atoms with Crippen molar-refractivity contribution >= 4 is 23.0 Å². The van der Waals surface area contributed by atoms with Gasteiger partial charge in [0.1, 0.15) is 5.82 Å². The van der Waals surface area contributed by atoms with Gasteiger partial charge in [0, 0.05) is 19.1 Å². The van der Waals surface area contributed by atoms with Crippen molar-refractivity contribution in [2.24, 2.45) is 0 Å². The van der Waals surface area contributed by atoms with Crippen LogP contribution in [0.4, 0.5) is 15.8 Å². The van der Waals surface area contributed by atoms with Gasteiger partial charge in [0.2, 0.25) is 0 Å². The maximum Gasteiger partial charge on any atom is 0.123 e. The first kappa shape index (κ1) is 14.2. The maximum atomic E-state index is 13.3. The van der Waals surface area contributed by atoms with Gasteiger partial charge in [-0.05, 0) is 54.3 Å². The van der Waals surface area contributed by atoms with Crippen LogP contribution in [-0.2, 0) is 6.42 Å². The molecule has 1 aliphatic carbocycles. The molecule has 1 N–H and O–H groups in total. The molecule has 2 nitrogen and oxygen atoms in total. The molecule has 0 saturated heterocycles. The number of benzene rings is 2. The number of rotatable bonds is 3. The van der Waals surface area contributed by atoms with Crippen molar-refractivity contribution in [3.8, 4) is 0 Å². The van der Waals surface area contributed by atoms with E-state index in [2.05, 4.69) is 10.2 Å². The van der Waals surface area contributed by atoms with Crippen molar-refractivity contribution in [3.63, 3.8) is 0 Å². The summed E-state index contributed by atoms with van der Waals surface area (Å²) in [6, 6.07) is 11.1. The van der Waals surface area contributed by atoms with Crippen LogP contribution in [0.15, 0.2) is 36.4 Å². The van der Waals surface area contributed by atoms with Crippen LogP contribution in [0.1, 0.15) is 23.6 Å². The van der Waals surface area contributed by atoms with E-state index in [1.807, 2.05) is 38.4 Å². The van der Waals surface area contributed by atoms with Gasteiger partial charge in [0.05, 0.1) is 17.4 Å². The molecule has 1 aliphatic rings. The van der Waals surface area contributed by atoms with Crippen LogP contribution >= 0.6 is 11.6 Å². The molecule has 0 amide bonds. The summed E-state index contributed by atoms with van der Waals surface area (Å²) in [5.74, 6) is -0.161. The van der Waals surface area contributed by atoms with Crippen LogP contribution in [0.2, 0.25) is 5.02 Å². The zero-order valence-electron chi connectivity index (χ0n) is 12.2. The maximum absolute atomic E-state index is 13.3. The molecular weight excluding hydrogens is 287 g/mol. The Morgan fingerprint density at radius 1 is 1.19 bits per heavy atom. The van der Waals surface area contributed by atoms with E-state index in [4.69, 9.17) is 11.6 Å². The van der Waals surface area contributed by atoms with Crippen LogP contribution in [-0.4, -0.2) is 14.1 Å². The van der Waals surface area contributed by atoms with Crippen LogP contribution in [0.3, 0.4) is 0 Å². The highest BCUT2D eigenvalue weighted by molar-refractivity contribution is 6.31. The molecule has 3 rings (SSSR count). The second-order valence-corrected chi connectivity index (χ2v) is 6.07. The average molecular weight is 305 g/mol. The Morgan fingerprint density at radius 2 is 2.00 bits per heavy atom. The topological polar surface area (TPSA) is 15.3 Å². The Bertz CT molecular complexity index is 670. The molecule has 110 valence electrons. The van der Waals surface area contributed by atoms with E-state index in [0.717, 1.165) is 29.8 Å². The van der Waals surface area contributed by atoms with Gasteiger partial charge in [-0.15, -0.1) is 0 Å². The zero-order chi connectivity index (χ0) is 15.0. The van der Waals surface area contributed by atoms with E-state index in [-0.39, 0.29) is 11.9 Å². The smallest absolute Gasteiger partial charge is 0.123 e. The van der Waals surface area contributed by atoms with Gasteiger partial charge >= 0.3 is 0 Å². The summed E-state index contributed by atoms with van der Waals surface area (Å²) in [6.45, 7) is 0. The van der Waals surface area contributed by atoms with Gasteiger partial charge in [-0.3, -0.25) is 0 Å². The summed E-state index contributed by atoms with van der Waals surface area (Å²) in [4.78, 5) is 2.05. The lowest BCUT2D eigenvalue weighted by Crippen LogP contribution is -2.14. The van der Waals surface area contributed by atoms with Crippen LogP contribution in [0.5, 0.6) is 0 Å². The van der Waals surface area contributed by atoms with Gasteiger partial charge in [-0.1, -0.05) is 17.7 Å². The zero-order valence-corrected chi connectivity index (χ0v) is 12.9. The third kappa shape index (κ3) is 2.84.